The molecule has 0 radical (unpaired) electrons. The molecule has 1 aromatic carbocycles. The van der Waals surface area contributed by atoms with Crippen molar-refractivity contribution in [2.45, 2.75) is 13.0 Å². The molecular weight excluding hydrogens is 226 g/mol. The van der Waals surface area contributed by atoms with Crippen molar-refractivity contribution in [1.29, 1.82) is 0 Å². The molecule has 98 valence electrons. The van der Waals surface area contributed by atoms with Crippen LogP contribution >= 0.6 is 0 Å². The summed E-state index contributed by atoms with van der Waals surface area (Å²) in [5.74, 6) is 0.442. The molecule has 0 saturated heterocycles. The average Bonchev–Trinajstić information content (AvgIpc) is 2.36. The Hall–Kier alpha value is -1.81. The highest BCUT2D eigenvalue weighted by molar-refractivity contribution is 5.78. The van der Waals surface area contributed by atoms with E-state index in [9.17, 15) is 0 Å². The van der Waals surface area contributed by atoms with Crippen molar-refractivity contribution >= 4 is 12.0 Å². The lowest BCUT2D eigenvalue weighted by molar-refractivity contribution is 0.179. The molecule has 1 aromatic rings. The molecule has 0 spiro atoms. The second-order valence-electron chi connectivity index (χ2n) is 4.04. The van der Waals surface area contributed by atoms with Crippen LogP contribution in [0.15, 0.2) is 41.4 Å². The largest absolute Gasteiger partial charge is 0.383 e. The maximum Gasteiger partial charge on any atom is 0.189 e. The van der Waals surface area contributed by atoms with Crippen LogP contribution in [0.1, 0.15) is 12.5 Å². The molecule has 1 atom stereocenters. The zero-order chi connectivity index (χ0) is 13.2. The number of aliphatic imine (C=N–C) groups is 1. The molecule has 0 amide bonds. The van der Waals surface area contributed by atoms with Gasteiger partial charge in [0.25, 0.3) is 0 Å². The summed E-state index contributed by atoms with van der Waals surface area (Å²) in [5.41, 5.74) is 6.89. The van der Waals surface area contributed by atoms with Crippen molar-refractivity contribution in [3.8, 4) is 0 Å². The van der Waals surface area contributed by atoms with Crippen LogP contribution in [0.3, 0.4) is 0 Å². The molecule has 1 unspecified atom stereocenters. The Morgan fingerprint density at radius 3 is 2.83 bits per heavy atom. The number of hydrogen-bond donors (Lipinski definition) is 2. The van der Waals surface area contributed by atoms with E-state index < -0.39 is 0 Å². The zero-order valence-corrected chi connectivity index (χ0v) is 11.0. The van der Waals surface area contributed by atoms with Crippen molar-refractivity contribution in [2.24, 2.45) is 10.7 Å². The van der Waals surface area contributed by atoms with E-state index in [4.69, 9.17) is 10.5 Å². The molecular formula is C14H21N3O. The molecule has 0 fully saturated rings. The maximum absolute atomic E-state index is 5.73. The maximum atomic E-state index is 5.73. The van der Waals surface area contributed by atoms with Gasteiger partial charge in [-0.1, -0.05) is 42.5 Å². The van der Waals surface area contributed by atoms with Crippen LogP contribution in [-0.2, 0) is 4.74 Å². The Morgan fingerprint density at radius 2 is 2.17 bits per heavy atom. The molecule has 4 nitrogen and oxygen atoms in total. The fraction of sp³-hybridized carbons (Fsp3) is 0.357. The van der Waals surface area contributed by atoms with Crippen LogP contribution in [0.2, 0.25) is 0 Å². The first-order valence-electron chi connectivity index (χ1n) is 5.99. The minimum atomic E-state index is 0.164. The Bertz CT molecular complexity index is 387. The second-order valence-corrected chi connectivity index (χ2v) is 4.04. The third kappa shape index (κ3) is 6.06. The van der Waals surface area contributed by atoms with Gasteiger partial charge >= 0.3 is 0 Å². The van der Waals surface area contributed by atoms with Crippen LogP contribution in [0.4, 0.5) is 0 Å². The molecule has 0 heterocycles. The van der Waals surface area contributed by atoms with E-state index >= 15 is 0 Å². The Labute approximate surface area is 109 Å². The Balaban J connectivity index is 2.33. The summed E-state index contributed by atoms with van der Waals surface area (Å²) in [7, 11) is 1.66. The van der Waals surface area contributed by atoms with Crippen LogP contribution in [-0.4, -0.2) is 32.3 Å². The minimum Gasteiger partial charge on any atom is -0.383 e. The predicted octanol–water partition coefficient (Wildman–Crippen LogP) is 1.64. The number of benzene rings is 1. The summed E-state index contributed by atoms with van der Waals surface area (Å²) in [6, 6.07) is 10.3. The summed E-state index contributed by atoms with van der Waals surface area (Å²) in [6.45, 7) is 3.16. The van der Waals surface area contributed by atoms with Gasteiger partial charge in [0.15, 0.2) is 5.96 Å². The second kappa shape index (κ2) is 8.31. The lowest BCUT2D eigenvalue weighted by atomic mass is 10.2. The number of nitrogens with two attached hydrogens (primary N) is 1. The fourth-order valence-electron chi connectivity index (χ4n) is 1.49. The number of ether oxygens (including phenoxy) is 1. The number of nitrogens with zero attached hydrogens (tertiary/aromatic N) is 1. The van der Waals surface area contributed by atoms with Gasteiger partial charge in [-0.25, -0.2) is 4.99 Å². The van der Waals surface area contributed by atoms with Gasteiger partial charge in [-0.3, -0.25) is 0 Å². The fourth-order valence-corrected chi connectivity index (χ4v) is 1.49. The van der Waals surface area contributed by atoms with E-state index in [0.29, 0.717) is 19.1 Å². The molecule has 0 bridgehead atoms. The van der Waals surface area contributed by atoms with Gasteiger partial charge in [-0.15, -0.1) is 0 Å². The first-order chi connectivity index (χ1) is 8.72. The third-order valence-electron chi connectivity index (χ3n) is 2.29. The van der Waals surface area contributed by atoms with E-state index in [-0.39, 0.29) is 6.04 Å². The van der Waals surface area contributed by atoms with Crippen molar-refractivity contribution in [1.82, 2.24) is 5.32 Å². The highest BCUT2D eigenvalue weighted by atomic mass is 16.5. The average molecular weight is 247 g/mol. The third-order valence-corrected chi connectivity index (χ3v) is 2.29. The SMILES string of the molecule is COCC(C)NC(N)=NCC=Cc1ccccc1. The van der Waals surface area contributed by atoms with Crippen LogP contribution in [0.5, 0.6) is 0 Å². The van der Waals surface area contributed by atoms with Crippen LogP contribution in [0, 0.1) is 0 Å². The Morgan fingerprint density at radius 1 is 1.44 bits per heavy atom. The highest BCUT2D eigenvalue weighted by Gasteiger charge is 2.00. The van der Waals surface area contributed by atoms with Crippen molar-refractivity contribution in [3.05, 3.63) is 42.0 Å². The highest BCUT2D eigenvalue weighted by Crippen LogP contribution is 2.00. The number of nitrogens with one attached hydrogen (secondary N) is 1. The molecule has 0 aliphatic rings. The number of rotatable bonds is 6. The van der Waals surface area contributed by atoms with Crippen LogP contribution < -0.4 is 11.1 Å². The summed E-state index contributed by atoms with van der Waals surface area (Å²) >= 11 is 0. The van der Waals surface area contributed by atoms with E-state index in [1.165, 1.54) is 0 Å². The minimum absolute atomic E-state index is 0.164. The van der Waals surface area contributed by atoms with Crippen molar-refractivity contribution in [2.75, 3.05) is 20.3 Å². The normalized spacial score (nSPS) is 13.8. The van der Waals surface area contributed by atoms with E-state index in [2.05, 4.69) is 10.3 Å². The van der Waals surface area contributed by atoms with Gasteiger partial charge in [-0.2, -0.15) is 0 Å². The van der Waals surface area contributed by atoms with Crippen LogP contribution in [0.25, 0.3) is 6.08 Å². The van der Waals surface area contributed by atoms with E-state index in [0.717, 1.165) is 5.56 Å². The summed E-state index contributed by atoms with van der Waals surface area (Å²) in [4.78, 5) is 4.20. The molecule has 4 heteroatoms. The smallest absolute Gasteiger partial charge is 0.189 e. The predicted molar refractivity (Wildman–Crippen MR) is 76.4 cm³/mol. The lowest BCUT2D eigenvalue weighted by Crippen LogP contribution is -2.40. The quantitative estimate of drug-likeness (QED) is 0.593. The molecule has 0 aliphatic carbocycles. The first-order valence-corrected chi connectivity index (χ1v) is 5.99. The molecule has 18 heavy (non-hydrogen) atoms. The van der Waals surface area contributed by atoms with Crippen molar-refractivity contribution < 1.29 is 4.74 Å². The molecule has 0 saturated carbocycles. The standard InChI is InChI=1S/C14H21N3O/c1-12(11-18-2)17-14(15)16-10-6-9-13-7-4-3-5-8-13/h3-9,12H,10-11H2,1-2H3,(H3,15,16,17). The van der Waals surface area contributed by atoms with Gasteiger partial charge in [0, 0.05) is 13.2 Å². The van der Waals surface area contributed by atoms with Gasteiger partial charge in [0.2, 0.25) is 0 Å². The van der Waals surface area contributed by atoms with Gasteiger partial charge < -0.3 is 15.8 Å². The first kappa shape index (κ1) is 14.3. The lowest BCUT2D eigenvalue weighted by Gasteiger charge is -2.12. The molecule has 0 aromatic heterocycles. The molecule has 3 N–H and O–H groups in total. The van der Waals surface area contributed by atoms with E-state index in [1.54, 1.807) is 7.11 Å². The number of hydrogen-bond acceptors (Lipinski definition) is 2. The monoisotopic (exact) mass is 247 g/mol. The summed E-state index contributed by atoms with van der Waals surface area (Å²) in [5, 5.41) is 3.05. The molecule has 1 rings (SSSR count). The zero-order valence-electron chi connectivity index (χ0n) is 11.0. The van der Waals surface area contributed by atoms with Gasteiger partial charge in [-0.05, 0) is 12.5 Å². The summed E-state index contributed by atoms with van der Waals surface area (Å²) < 4.78 is 5.00. The van der Waals surface area contributed by atoms with E-state index in [1.807, 2.05) is 49.4 Å². The topological polar surface area (TPSA) is 59.6 Å². The van der Waals surface area contributed by atoms with Gasteiger partial charge in [0.05, 0.1) is 13.2 Å². The summed E-state index contributed by atoms with van der Waals surface area (Å²) in [6.07, 6.45) is 4.00. The Kier molecular flexibility index (Phi) is 6.58. The molecule has 0 aliphatic heterocycles. The van der Waals surface area contributed by atoms with Gasteiger partial charge in [0.1, 0.15) is 0 Å². The number of guanidine groups is 1. The number of methoxy groups -OCH3 is 1. The van der Waals surface area contributed by atoms with Crippen molar-refractivity contribution in [3.63, 3.8) is 0 Å².